The zero-order valence-corrected chi connectivity index (χ0v) is 13.8. The first kappa shape index (κ1) is 17.7. The average Bonchev–Trinajstić information content (AvgIpc) is 2.74. The lowest BCUT2D eigenvalue weighted by Gasteiger charge is -2.20. The van der Waals surface area contributed by atoms with Crippen LogP contribution in [0.15, 0.2) is 36.2 Å². The molecule has 1 aromatic rings. The summed E-state index contributed by atoms with van der Waals surface area (Å²) >= 11 is 0. The number of fused-ring (bicyclic) bond motifs is 1. The number of amides is 3. The molecule has 1 heterocycles. The van der Waals surface area contributed by atoms with E-state index in [-0.39, 0.29) is 25.0 Å². The monoisotopic (exact) mass is 334 g/mol. The Labute approximate surface area is 139 Å². The molecule has 0 unspecified atom stereocenters. The van der Waals surface area contributed by atoms with E-state index in [0.717, 1.165) is 4.90 Å². The van der Waals surface area contributed by atoms with Gasteiger partial charge in [0.1, 0.15) is 5.60 Å². The number of imide groups is 1. The minimum absolute atomic E-state index is 0.0790. The molecule has 0 saturated carbocycles. The van der Waals surface area contributed by atoms with Crippen molar-refractivity contribution in [2.24, 2.45) is 0 Å². The van der Waals surface area contributed by atoms with Gasteiger partial charge < -0.3 is 10.1 Å². The van der Waals surface area contributed by atoms with Crippen LogP contribution in [0.1, 0.15) is 41.5 Å². The Hall–Kier alpha value is -2.70. The predicted octanol–water partition coefficient (Wildman–Crippen LogP) is 2.66. The third kappa shape index (κ3) is 3.98. The number of nitrogens with one attached hydrogen (secondary N) is 1. The van der Waals surface area contributed by atoms with Gasteiger partial charge in [0.05, 0.1) is 24.0 Å². The van der Waals surface area contributed by atoms with E-state index in [4.69, 9.17) is 4.74 Å². The van der Waals surface area contributed by atoms with Gasteiger partial charge in [0.15, 0.2) is 0 Å². The molecule has 0 atom stereocenters. The summed E-state index contributed by atoms with van der Waals surface area (Å²) in [5.41, 5.74) is -0.0105. The smallest absolute Gasteiger partial charge is 0.407 e. The quantitative estimate of drug-likeness (QED) is 0.859. The van der Waals surface area contributed by atoms with Gasteiger partial charge in [0.2, 0.25) is 0 Å². The van der Waals surface area contributed by atoms with E-state index >= 15 is 0 Å². The number of alkyl carbamates (subject to hydrolysis) is 1. The summed E-state index contributed by atoms with van der Waals surface area (Å²) in [5.74, 6) is -0.959. The van der Waals surface area contributed by atoms with Crippen LogP contribution < -0.4 is 5.32 Å². The molecule has 2 rings (SSSR count). The standard InChI is InChI=1S/C17H19FN2O4/c1-17(2,3)24-16(23)19-9-11(8-18)10-20-14(21)12-6-4-5-7-13(12)15(20)22/h4-8H,9-10H2,1-3H3,(H,19,23)/b11-8-. The maximum atomic E-state index is 13.1. The lowest BCUT2D eigenvalue weighted by Crippen LogP contribution is -2.37. The van der Waals surface area contributed by atoms with Gasteiger partial charge in [0, 0.05) is 6.54 Å². The Morgan fingerprint density at radius 2 is 1.75 bits per heavy atom. The number of rotatable bonds is 4. The number of carbonyl (C=O) groups is 3. The number of hydrogen-bond acceptors (Lipinski definition) is 4. The highest BCUT2D eigenvalue weighted by Crippen LogP contribution is 2.23. The van der Waals surface area contributed by atoms with Crippen LogP contribution in [0.5, 0.6) is 0 Å². The second kappa shape index (κ2) is 6.82. The molecule has 0 radical (unpaired) electrons. The second-order valence-corrected chi connectivity index (χ2v) is 6.36. The Morgan fingerprint density at radius 3 is 2.21 bits per heavy atom. The van der Waals surface area contributed by atoms with Gasteiger partial charge in [0.25, 0.3) is 11.8 Å². The van der Waals surface area contributed by atoms with Crippen LogP contribution in [0, 0.1) is 0 Å². The summed E-state index contributed by atoms with van der Waals surface area (Å²) in [4.78, 5) is 37.0. The van der Waals surface area contributed by atoms with Crippen LogP contribution in [0.2, 0.25) is 0 Å². The number of carbonyl (C=O) groups excluding carboxylic acids is 3. The van der Waals surface area contributed by atoms with Crippen LogP contribution in [0.3, 0.4) is 0 Å². The van der Waals surface area contributed by atoms with Crippen LogP contribution in [-0.2, 0) is 4.74 Å². The lowest BCUT2D eigenvalue weighted by molar-refractivity contribution is 0.0532. The molecule has 0 saturated heterocycles. The van der Waals surface area contributed by atoms with Crippen molar-refractivity contribution in [3.63, 3.8) is 0 Å². The van der Waals surface area contributed by atoms with Crippen molar-refractivity contribution < 1.29 is 23.5 Å². The molecule has 1 aliphatic heterocycles. The SMILES string of the molecule is CC(C)(C)OC(=O)NC/C(=C/F)CN1C(=O)c2ccccc2C1=O. The molecular weight excluding hydrogens is 315 g/mol. The lowest BCUT2D eigenvalue weighted by atomic mass is 10.1. The van der Waals surface area contributed by atoms with Crippen LogP contribution in [-0.4, -0.2) is 41.5 Å². The first-order chi connectivity index (χ1) is 11.2. The van der Waals surface area contributed by atoms with E-state index in [1.165, 1.54) is 0 Å². The molecule has 0 fully saturated rings. The molecule has 6 nitrogen and oxygen atoms in total. The van der Waals surface area contributed by atoms with E-state index < -0.39 is 23.5 Å². The summed E-state index contributed by atoms with van der Waals surface area (Å²) in [6.45, 7) is 4.71. The molecule has 7 heteroatoms. The summed E-state index contributed by atoms with van der Waals surface area (Å²) in [6, 6.07) is 6.41. The van der Waals surface area contributed by atoms with E-state index in [1.807, 2.05) is 0 Å². The highest BCUT2D eigenvalue weighted by atomic mass is 19.1. The van der Waals surface area contributed by atoms with Crippen molar-refractivity contribution in [3.05, 3.63) is 47.3 Å². The minimum atomic E-state index is -0.704. The highest BCUT2D eigenvalue weighted by molar-refractivity contribution is 6.21. The van der Waals surface area contributed by atoms with E-state index in [9.17, 15) is 18.8 Å². The van der Waals surface area contributed by atoms with Crippen molar-refractivity contribution >= 4 is 17.9 Å². The number of nitrogens with zero attached hydrogens (tertiary/aromatic N) is 1. The fraction of sp³-hybridized carbons (Fsp3) is 0.353. The minimum Gasteiger partial charge on any atom is -0.444 e. The van der Waals surface area contributed by atoms with Gasteiger partial charge in [-0.1, -0.05) is 12.1 Å². The molecule has 3 amide bonds. The summed E-state index contributed by atoms with van der Waals surface area (Å²) < 4.78 is 18.1. The van der Waals surface area contributed by atoms with E-state index in [2.05, 4.69) is 5.32 Å². The van der Waals surface area contributed by atoms with Gasteiger partial charge in [-0.15, -0.1) is 0 Å². The zero-order valence-electron chi connectivity index (χ0n) is 13.8. The summed E-state index contributed by atoms with van der Waals surface area (Å²) in [6.07, 6.45) is -0.426. The molecule has 1 aromatic carbocycles. The van der Waals surface area contributed by atoms with E-state index in [1.54, 1.807) is 45.0 Å². The number of ether oxygens (including phenoxy) is 1. The fourth-order valence-corrected chi connectivity index (χ4v) is 2.21. The molecule has 0 bridgehead atoms. The van der Waals surface area contributed by atoms with Gasteiger partial charge in [-0.2, -0.15) is 0 Å². The van der Waals surface area contributed by atoms with Gasteiger partial charge in [-0.25, -0.2) is 9.18 Å². The molecule has 24 heavy (non-hydrogen) atoms. The van der Waals surface area contributed by atoms with E-state index in [0.29, 0.717) is 11.1 Å². The van der Waals surface area contributed by atoms with Gasteiger partial charge >= 0.3 is 6.09 Å². The Morgan fingerprint density at radius 1 is 1.21 bits per heavy atom. The molecule has 128 valence electrons. The van der Waals surface area contributed by atoms with Crippen LogP contribution >= 0.6 is 0 Å². The first-order valence-electron chi connectivity index (χ1n) is 7.43. The molecular formula is C17H19FN2O4. The topological polar surface area (TPSA) is 75.7 Å². The Balaban J connectivity index is 1.99. The fourth-order valence-electron chi connectivity index (χ4n) is 2.21. The van der Waals surface area contributed by atoms with Crippen molar-refractivity contribution in [1.82, 2.24) is 10.2 Å². The van der Waals surface area contributed by atoms with Crippen molar-refractivity contribution in [2.45, 2.75) is 26.4 Å². The maximum absolute atomic E-state index is 13.1. The van der Waals surface area contributed by atoms with Crippen molar-refractivity contribution in [3.8, 4) is 0 Å². The number of hydrogen-bond donors (Lipinski definition) is 1. The van der Waals surface area contributed by atoms with Gasteiger partial charge in [-0.3, -0.25) is 14.5 Å². The first-order valence-corrected chi connectivity index (χ1v) is 7.43. The second-order valence-electron chi connectivity index (χ2n) is 6.36. The van der Waals surface area contributed by atoms with Crippen LogP contribution in [0.4, 0.5) is 9.18 Å². The number of halogens is 1. The Kier molecular flexibility index (Phi) is 5.02. The summed E-state index contributed by atoms with van der Waals surface area (Å²) in [7, 11) is 0. The zero-order chi connectivity index (χ0) is 17.9. The largest absolute Gasteiger partial charge is 0.444 e. The highest BCUT2D eigenvalue weighted by Gasteiger charge is 2.35. The molecule has 1 aliphatic rings. The molecule has 0 aliphatic carbocycles. The average molecular weight is 334 g/mol. The predicted molar refractivity (Wildman–Crippen MR) is 85.2 cm³/mol. The van der Waals surface area contributed by atoms with Crippen molar-refractivity contribution in [2.75, 3.05) is 13.1 Å². The molecule has 0 spiro atoms. The maximum Gasteiger partial charge on any atom is 0.407 e. The Bertz CT molecular complexity index is 672. The molecule has 1 N–H and O–H groups in total. The molecule has 0 aromatic heterocycles. The third-order valence-electron chi connectivity index (χ3n) is 3.25. The normalized spacial score (nSPS) is 14.7. The third-order valence-corrected chi connectivity index (χ3v) is 3.25. The number of benzene rings is 1. The van der Waals surface area contributed by atoms with Crippen LogP contribution in [0.25, 0.3) is 0 Å². The van der Waals surface area contributed by atoms with Gasteiger partial charge in [-0.05, 0) is 38.5 Å². The van der Waals surface area contributed by atoms with Crippen molar-refractivity contribution in [1.29, 1.82) is 0 Å². The summed E-state index contributed by atoms with van der Waals surface area (Å²) in [5, 5.41) is 2.40.